The maximum absolute atomic E-state index is 13.2. The number of nitrogens with zero attached hydrogens (tertiary/aromatic N) is 1. The van der Waals surface area contributed by atoms with Crippen molar-refractivity contribution in [1.29, 1.82) is 0 Å². The minimum atomic E-state index is -0.178. The van der Waals surface area contributed by atoms with Crippen LogP contribution in [-0.2, 0) is 0 Å². The third-order valence-electron chi connectivity index (χ3n) is 4.02. The first-order chi connectivity index (χ1) is 8.78. The first-order valence-electron chi connectivity index (χ1n) is 6.56. The number of rotatable bonds is 2. The zero-order valence-electron chi connectivity index (χ0n) is 10.5. The van der Waals surface area contributed by atoms with E-state index in [4.69, 9.17) is 0 Å². The van der Waals surface area contributed by atoms with Gasteiger partial charge in [0.05, 0.1) is 0 Å². The molecule has 1 saturated heterocycles. The van der Waals surface area contributed by atoms with Crippen LogP contribution in [0.3, 0.4) is 0 Å². The number of likely N-dealkylation sites (tertiary alicyclic amines) is 1. The Balaban J connectivity index is 1.87. The van der Waals surface area contributed by atoms with E-state index in [0.717, 1.165) is 25.2 Å². The Morgan fingerprint density at radius 2 is 2.11 bits per heavy atom. The van der Waals surface area contributed by atoms with Crippen LogP contribution in [-0.4, -0.2) is 29.5 Å². The molecule has 1 aliphatic rings. The van der Waals surface area contributed by atoms with E-state index in [1.54, 1.807) is 12.1 Å². The molecule has 95 valence electrons. The second-order valence-electron chi connectivity index (χ2n) is 5.05. The van der Waals surface area contributed by atoms with Gasteiger partial charge < -0.3 is 9.88 Å². The minimum absolute atomic E-state index is 0.178. The topological polar surface area (TPSA) is 19.0 Å². The summed E-state index contributed by atoms with van der Waals surface area (Å²) in [5, 5.41) is 1.17. The molecule has 2 heterocycles. The molecule has 2 aromatic rings. The van der Waals surface area contributed by atoms with Crippen LogP contribution in [0.1, 0.15) is 24.3 Å². The summed E-state index contributed by atoms with van der Waals surface area (Å²) in [6.07, 6.45) is 4.38. The molecule has 0 atom stereocenters. The highest BCUT2D eigenvalue weighted by molar-refractivity contribution is 5.83. The van der Waals surface area contributed by atoms with Crippen molar-refractivity contribution in [3.05, 3.63) is 42.7 Å². The van der Waals surface area contributed by atoms with E-state index in [2.05, 4.69) is 23.0 Å². The van der Waals surface area contributed by atoms with Crippen LogP contribution in [0.25, 0.3) is 10.9 Å². The second-order valence-corrected chi connectivity index (χ2v) is 5.05. The smallest absolute Gasteiger partial charge is 0.125 e. The summed E-state index contributed by atoms with van der Waals surface area (Å²) in [6, 6.07) is 5.01. The molecule has 1 aromatic heterocycles. The van der Waals surface area contributed by atoms with Crippen molar-refractivity contribution in [2.75, 3.05) is 19.6 Å². The molecule has 18 heavy (non-hydrogen) atoms. The molecule has 1 radical (unpaired) electrons. The fraction of sp³-hybridized carbons (Fsp3) is 0.400. The normalized spacial score (nSPS) is 18.6. The maximum Gasteiger partial charge on any atom is 0.125 e. The Bertz CT molecular complexity index is 538. The molecular weight excluding hydrogens is 227 g/mol. The lowest BCUT2D eigenvalue weighted by Gasteiger charge is -2.30. The lowest BCUT2D eigenvalue weighted by molar-refractivity contribution is 0.232. The number of aromatic nitrogens is 1. The van der Waals surface area contributed by atoms with Crippen LogP contribution >= 0.6 is 0 Å². The molecule has 0 spiro atoms. The first kappa shape index (κ1) is 11.7. The Hall–Kier alpha value is -1.35. The summed E-state index contributed by atoms with van der Waals surface area (Å²) in [5.74, 6) is 0.412. The van der Waals surface area contributed by atoms with E-state index >= 15 is 0 Å². The summed E-state index contributed by atoms with van der Waals surface area (Å²) in [7, 11) is 0. The van der Waals surface area contributed by atoms with Gasteiger partial charge in [-0.05, 0) is 69.1 Å². The monoisotopic (exact) mass is 245 g/mol. The van der Waals surface area contributed by atoms with E-state index in [1.165, 1.54) is 23.8 Å². The van der Waals surface area contributed by atoms with Gasteiger partial charge in [0.1, 0.15) is 5.82 Å². The van der Waals surface area contributed by atoms with Gasteiger partial charge in [-0.2, -0.15) is 0 Å². The Morgan fingerprint density at radius 3 is 2.83 bits per heavy atom. The van der Waals surface area contributed by atoms with E-state index < -0.39 is 0 Å². The van der Waals surface area contributed by atoms with Crippen LogP contribution in [0.15, 0.2) is 24.4 Å². The average Bonchev–Trinajstić information content (AvgIpc) is 2.81. The molecule has 1 aromatic carbocycles. The zero-order chi connectivity index (χ0) is 12.5. The SMILES string of the molecule is [CH2]CN1CCC(c2c[nH]c3cc(F)ccc23)CC1. The number of nitrogens with one attached hydrogen (secondary N) is 1. The van der Waals surface area contributed by atoms with Crippen LogP contribution in [0.4, 0.5) is 4.39 Å². The van der Waals surface area contributed by atoms with Gasteiger partial charge in [-0.1, -0.05) is 0 Å². The molecule has 0 amide bonds. The van der Waals surface area contributed by atoms with Crippen LogP contribution in [0.2, 0.25) is 0 Å². The van der Waals surface area contributed by atoms with Gasteiger partial charge in [0.25, 0.3) is 0 Å². The summed E-state index contributed by atoms with van der Waals surface area (Å²) >= 11 is 0. The van der Waals surface area contributed by atoms with Crippen molar-refractivity contribution in [3.63, 3.8) is 0 Å². The summed E-state index contributed by atoms with van der Waals surface area (Å²) in [6.45, 7) is 7.06. The van der Waals surface area contributed by atoms with Crippen molar-refractivity contribution in [2.45, 2.75) is 18.8 Å². The van der Waals surface area contributed by atoms with Gasteiger partial charge in [-0.25, -0.2) is 4.39 Å². The Kier molecular flexibility index (Phi) is 3.08. The predicted octanol–water partition coefficient (Wildman–Crippen LogP) is 3.32. The number of hydrogen-bond acceptors (Lipinski definition) is 1. The fourth-order valence-corrected chi connectivity index (χ4v) is 2.93. The van der Waals surface area contributed by atoms with E-state index in [9.17, 15) is 4.39 Å². The number of fused-ring (bicyclic) bond motifs is 1. The standard InChI is InChI=1S/C15H18FN2/c1-2-18-7-5-11(6-8-18)14-10-17-15-9-12(16)3-4-13(14)15/h3-4,9-11,17H,1-2,5-8H2. The highest BCUT2D eigenvalue weighted by Crippen LogP contribution is 2.33. The molecule has 0 bridgehead atoms. The third kappa shape index (κ3) is 2.03. The highest BCUT2D eigenvalue weighted by Gasteiger charge is 2.21. The summed E-state index contributed by atoms with van der Waals surface area (Å²) in [4.78, 5) is 5.57. The number of H-pyrrole nitrogens is 1. The van der Waals surface area contributed by atoms with Crippen LogP contribution in [0.5, 0.6) is 0 Å². The van der Waals surface area contributed by atoms with Gasteiger partial charge in [0.15, 0.2) is 0 Å². The lowest BCUT2D eigenvalue weighted by atomic mass is 9.89. The van der Waals surface area contributed by atoms with Crippen molar-refractivity contribution >= 4 is 10.9 Å². The number of halogens is 1. The number of piperidine rings is 1. The van der Waals surface area contributed by atoms with Gasteiger partial charge in [-0.3, -0.25) is 0 Å². The molecule has 0 saturated carbocycles. The van der Waals surface area contributed by atoms with Crippen LogP contribution < -0.4 is 0 Å². The van der Waals surface area contributed by atoms with E-state index in [0.29, 0.717) is 5.92 Å². The van der Waals surface area contributed by atoms with Gasteiger partial charge in [0, 0.05) is 17.1 Å². The van der Waals surface area contributed by atoms with Crippen molar-refractivity contribution < 1.29 is 4.39 Å². The summed E-state index contributed by atoms with van der Waals surface area (Å²) in [5.41, 5.74) is 2.25. The molecule has 3 heteroatoms. The fourth-order valence-electron chi connectivity index (χ4n) is 2.93. The second kappa shape index (κ2) is 4.73. The maximum atomic E-state index is 13.2. The number of benzene rings is 1. The zero-order valence-corrected chi connectivity index (χ0v) is 10.5. The predicted molar refractivity (Wildman–Crippen MR) is 72.0 cm³/mol. The van der Waals surface area contributed by atoms with Gasteiger partial charge in [-0.15, -0.1) is 0 Å². The van der Waals surface area contributed by atoms with E-state index in [1.807, 2.05) is 6.07 Å². The Morgan fingerprint density at radius 1 is 1.33 bits per heavy atom. The molecule has 1 aliphatic heterocycles. The molecule has 0 aliphatic carbocycles. The molecule has 0 unspecified atom stereocenters. The number of hydrogen-bond donors (Lipinski definition) is 1. The van der Waals surface area contributed by atoms with E-state index in [-0.39, 0.29) is 5.82 Å². The van der Waals surface area contributed by atoms with Gasteiger partial charge >= 0.3 is 0 Å². The van der Waals surface area contributed by atoms with Crippen LogP contribution in [0, 0.1) is 12.7 Å². The average molecular weight is 245 g/mol. The van der Waals surface area contributed by atoms with Crippen molar-refractivity contribution in [1.82, 2.24) is 9.88 Å². The van der Waals surface area contributed by atoms with Crippen molar-refractivity contribution in [2.24, 2.45) is 0 Å². The van der Waals surface area contributed by atoms with Crippen molar-refractivity contribution in [3.8, 4) is 0 Å². The largest absolute Gasteiger partial charge is 0.361 e. The number of aromatic amines is 1. The Labute approximate surface area is 107 Å². The lowest BCUT2D eigenvalue weighted by Crippen LogP contribution is -2.32. The molecule has 3 rings (SSSR count). The van der Waals surface area contributed by atoms with Gasteiger partial charge in [0.2, 0.25) is 0 Å². The highest BCUT2D eigenvalue weighted by atomic mass is 19.1. The third-order valence-corrected chi connectivity index (χ3v) is 4.02. The molecule has 2 nitrogen and oxygen atoms in total. The minimum Gasteiger partial charge on any atom is -0.361 e. The quantitative estimate of drug-likeness (QED) is 0.860. The molecule has 1 N–H and O–H groups in total. The first-order valence-corrected chi connectivity index (χ1v) is 6.56. The molecular formula is C15H18FN2. The molecule has 1 fully saturated rings. The summed E-state index contributed by atoms with van der Waals surface area (Å²) < 4.78 is 13.2.